The Morgan fingerprint density at radius 2 is 1.56 bits per heavy atom. The van der Waals surface area contributed by atoms with Crippen LogP contribution in [0.25, 0.3) is 0 Å². The lowest BCUT2D eigenvalue weighted by atomic mass is 10.1. The Morgan fingerprint density at radius 1 is 1.06 bits per heavy atom. The highest BCUT2D eigenvalue weighted by Crippen LogP contribution is 2.09. The fourth-order valence-corrected chi connectivity index (χ4v) is 1.04. The van der Waals surface area contributed by atoms with E-state index >= 15 is 0 Å². The zero-order valence-corrected chi connectivity index (χ0v) is 12.4. The van der Waals surface area contributed by atoms with Crippen LogP contribution < -0.4 is 5.32 Å². The van der Waals surface area contributed by atoms with Crippen LogP contribution in [0.4, 0.5) is 4.79 Å². The molecule has 0 aliphatic rings. The second-order valence-electron chi connectivity index (χ2n) is 6.23. The number of amides is 1. The summed E-state index contributed by atoms with van der Waals surface area (Å²) in [5, 5.41) is 2.51. The Morgan fingerprint density at radius 3 is 1.89 bits per heavy atom. The van der Waals surface area contributed by atoms with Crippen LogP contribution >= 0.6 is 0 Å². The summed E-state index contributed by atoms with van der Waals surface area (Å²) in [5.41, 5.74) is -0.945. The predicted molar refractivity (Wildman–Crippen MR) is 69.5 cm³/mol. The van der Waals surface area contributed by atoms with E-state index in [0.717, 1.165) is 0 Å². The van der Waals surface area contributed by atoms with E-state index in [-0.39, 0.29) is 18.0 Å². The van der Waals surface area contributed by atoms with Crippen molar-refractivity contribution in [3.63, 3.8) is 0 Å². The number of hydrogen-bond acceptors (Lipinski definition) is 4. The molecule has 0 saturated heterocycles. The maximum Gasteiger partial charge on any atom is 0.408 e. The molecular formula is C13H25NO4. The minimum atomic E-state index is -0.681. The summed E-state index contributed by atoms with van der Waals surface area (Å²) in [6.07, 6.45) is -0.611. The van der Waals surface area contributed by atoms with Crippen molar-refractivity contribution in [1.29, 1.82) is 0 Å². The van der Waals surface area contributed by atoms with Crippen LogP contribution in [0.2, 0.25) is 0 Å². The van der Waals surface area contributed by atoms with E-state index in [9.17, 15) is 9.59 Å². The first kappa shape index (κ1) is 16.9. The first-order valence-electron chi connectivity index (χ1n) is 6.04. The number of nitrogens with one attached hydrogen (secondary N) is 1. The Hall–Kier alpha value is -1.10. The van der Waals surface area contributed by atoms with Crippen molar-refractivity contribution in [2.75, 3.05) is 6.61 Å². The van der Waals surface area contributed by atoms with Crippen molar-refractivity contribution >= 4 is 11.9 Å². The fraction of sp³-hybridized carbons (Fsp3) is 0.846. The number of ether oxygens (including phenoxy) is 2. The molecule has 0 radical (unpaired) electrons. The van der Waals surface area contributed by atoms with Gasteiger partial charge in [-0.3, -0.25) is 4.79 Å². The Balaban J connectivity index is 4.37. The van der Waals surface area contributed by atoms with Gasteiger partial charge in [-0.15, -0.1) is 0 Å². The van der Waals surface area contributed by atoms with E-state index in [1.807, 2.05) is 20.8 Å². The SMILES string of the molecule is CC(=O)[C@H](COC(C)(C)C)NC(=O)OC(C)(C)C. The minimum Gasteiger partial charge on any atom is -0.444 e. The average Bonchev–Trinajstić information content (AvgIpc) is 2.06. The van der Waals surface area contributed by atoms with Crippen molar-refractivity contribution in [1.82, 2.24) is 5.32 Å². The summed E-state index contributed by atoms with van der Waals surface area (Å²) in [7, 11) is 0. The molecule has 0 unspecified atom stereocenters. The molecule has 0 rings (SSSR count). The summed E-state index contributed by atoms with van der Waals surface area (Å²) in [5.74, 6) is -0.162. The molecule has 0 heterocycles. The third kappa shape index (κ3) is 8.98. The van der Waals surface area contributed by atoms with Crippen LogP contribution in [0.1, 0.15) is 48.5 Å². The number of ketones is 1. The predicted octanol–water partition coefficient (Wildman–Crippen LogP) is 2.28. The van der Waals surface area contributed by atoms with Gasteiger partial charge in [0.15, 0.2) is 5.78 Å². The zero-order chi connectivity index (χ0) is 14.6. The molecule has 1 N–H and O–H groups in total. The normalized spacial score (nSPS) is 13.9. The van der Waals surface area contributed by atoms with E-state index in [2.05, 4.69) is 5.32 Å². The molecule has 5 nitrogen and oxygen atoms in total. The summed E-state index contributed by atoms with van der Waals surface area (Å²) < 4.78 is 10.6. The first-order valence-corrected chi connectivity index (χ1v) is 6.04. The molecule has 0 aromatic rings. The Bertz CT molecular complexity index is 299. The maximum atomic E-state index is 11.6. The molecule has 0 aromatic carbocycles. The van der Waals surface area contributed by atoms with Crippen LogP contribution in [-0.4, -0.2) is 35.7 Å². The second-order valence-corrected chi connectivity index (χ2v) is 6.23. The van der Waals surface area contributed by atoms with Crippen LogP contribution in [0.15, 0.2) is 0 Å². The summed E-state index contributed by atoms with van der Waals surface area (Å²) >= 11 is 0. The second kappa shape index (κ2) is 6.18. The van der Waals surface area contributed by atoms with Gasteiger partial charge in [0, 0.05) is 0 Å². The van der Waals surface area contributed by atoms with Crippen LogP contribution in [-0.2, 0) is 14.3 Å². The van der Waals surface area contributed by atoms with E-state index in [1.165, 1.54) is 6.92 Å². The van der Waals surface area contributed by atoms with E-state index in [1.54, 1.807) is 20.8 Å². The highest BCUT2D eigenvalue weighted by Gasteiger charge is 2.23. The quantitative estimate of drug-likeness (QED) is 0.841. The molecule has 106 valence electrons. The molecule has 5 heteroatoms. The molecule has 18 heavy (non-hydrogen) atoms. The third-order valence-corrected chi connectivity index (χ3v) is 1.86. The van der Waals surface area contributed by atoms with Crippen LogP contribution in [0.5, 0.6) is 0 Å². The van der Waals surface area contributed by atoms with Gasteiger partial charge in [-0.1, -0.05) is 0 Å². The smallest absolute Gasteiger partial charge is 0.408 e. The van der Waals surface area contributed by atoms with Gasteiger partial charge in [0.25, 0.3) is 0 Å². The van der Waals surface area contributed by atoms with E-state index in [0.29, 0.717) is 0 Å². The molecule has 1 atom stereocenters. The van der Waals surface area contributed by atoms with Crippen molar-refractivity contribution in [3.8, 4) is 0 Å². The summed E-state index contributed by atoms with van der Waals surface area (Å²) in [6.45, 7) is 12.5. The number of alkyl carbamates (subject to hydrolysis) is 1. The number of rotatable bonds is 4. The van der Waals surface area contributed by atoms with Gasteiger partial charge in [0.05, 0.1) is 12.2 Å². The Kier molecular flexibility index (Phi) is 5.80. The lowest BCUT2D eigenvalue weighted by molar-refractivity contribution is -0.122. The van der Waals surface area contributed by atoms with Crippen molar-refractivity contribution in [3.05, 3.63) is 0 Å². The number of carbonyl (C=O) groups is 2. The fourth-order valence-electron chi connectivity index (χ4n) is 1.04. The van der Waals surface area contributed by atoms with Crippen molar-refractivity contribution in [2.24, 2.45) is 0 Å². The first-order chi connectivity index (χ1) is 7.91. The molecule has 0 bridgehead atoms. The monoisotopic (exact) mass is 259 g/mol. The van der Waals surface area contributed by atoms with Crippen molar-refractivity contribution in [2.45, 2.75) is 65.7 Å². The molecule has 0 aliphatic carbocycles. The van der Waals surface area contributed by atoms with Crippen LogP contribution in [0, 0.1) is 0 Å². The minimum absolute atomic E-state index is 0.137. The van der Waals surface area contributed by atoms with Gasteiger partial charge in [-0.05, 0) is 48.5 Å². The lowest BCUT2D eigenvalue weighted by Crippen LogP contribution is -2.46. The van der Waals surface area contributed by atoms with Crippen LogP contribution in [0.3, 0.4) is 0 Å². The molecule has 0 aliphatic heterocycles. The van der Waals surface area contributed by atoms with Gasteiger partial charge in [0.1, 0.15) is 11.6 Å². The lowest BCUT2D eigenvalue weighted by Gasteiger charge is -2.25. The number of carbonyl (C=O) groups excluding carboxylic acids is 2. The summed E-state index contributed by atoms with van der Waals surface area (Å²) in [6, 6.07) is -0.681. The molecule has 0 saturated carbocycles. The maximum absolute atomic E-state index is 11.6. The number of Topliss-reactive ketones (excluding diaryl/α,β-unsaturated/α-hetero) is 1. The highest BCUT2D eigenvalue weighted by atomic mass is 16.6. The highest BCUT2D eigenvalue weighted by molar-refractivity contribution is 5.85. The van der Waals surface area contributed by atoms with Gasteiger partial charge in [-0.25, -0.2) is 4.79 Å². The zero-order valence-electron chi connectivity index (χ0n) is 12.4. The van der Waals surface area contributed by atoms with E-state index < -0.39 is 17.7 Å². The average molecular weight is 259 g/mol. The van der Waals surface area contributed by atoms with Gasteiger partial charge in [0.2, 0.25) is 0 Å². The topological polar surface area (TPSA) is 64.6 Å². The van der Waals surface area contributed by atoms with E-state index in [4.69, 9.17) is 9.47 Å². The molecule has 0 spiro atoms. The molecule has 0 fully saturated rings. The van der Waals surface area contributed by atoms with Gasteiger partial charge < -0.3 is 14.8 Å². The molecule has 1 amide bonds. The van der Waals surface area contributed by atoms with Gasteiger partial charge in [-0.2, -0.15) is 0 Å². The molecular weight excluding hydrogens is 234 g/mol. The van der Waals surface area contributed by atoms with Crippen molar-refractivity contribution < 1.29 is 19.1 Å². The third-order valence-electron chi connectivity index (χ3n) is 1.86. The summed E-state index contributed by atoms with van der Waals surface area (Å²) in [4.78, 5) is 23.0. The Labute approximate surface area is 109 Å². The number of hydrogen-bond donors (Lipinski definition) is 1. The molecule has 0 aromatic heterocycles. The largest absolute Gasteiger partial charge is 0.444 e. The van der Waals surface area contributed by atoms with Gasteiger partial charge >= 0.3 is 6.09 Å². The standard InChI is InChI=1S/C13H25NO4/c1-9(15)10(8-17-12(2,3)4)14-11(16)18-13(5,6)7/h10H,8H2,1-7H3,(H,14,16)/t10-/m0/s1.